The molecule has 1 nitrogen and oxygen atoms in total. The molecule has 1 aromatic rings. The summed E-state index contributed by atoms with van der Waals surface area (Å²) in [5.74, 6) is 0. The van der Waals surface area contributed by atoms with Crippen LogP contribution in [0.1, 0.15) is 6.42 Å². The molecule has 0 aliphatic carbocycles. The van der Waals surface area contributed by atoms with Crippen molar-refractivity contribution in [3.05, 3.63) is 42.2 Å². The minimum atomic E-state index is -1.68. The zero-order valence-corrected chi connectivity index (χ0v) is 9.60. The van der Waals surface area contributed by atoms with Crippen molar-refractivity contribution in [2.75, 3.05) is 6.16 Å². The lowest BCUT2D eigenvalue weighted by atomic mass is 10.3. The van der Waals surface area contributed by atoms with Crippen molar-refractivity contribution >= 4 is 24.0 Å². The van der Waals surface area contributed by atoms with E-state index in [1.54, 1.807) is 0 Å². The fourth-order valence-corrected chi connectivity index (χ4v) is 5.61. The van der Waals surface area contributed by atoms with Crippen molar-refractivity contribution in [3.8, 4) is 0 Å². The molecule has 1 heterocycles. The smallest absolute Gasteiger partial charge is 0.112 e. The van der Waals surface area contributed by atoms with Gasteiger partial charge < -0.3 is 17.4 Å². The molecule has 1 saturated heterocycles. The molecule has 0 bridgehead atoms. The predicted octanol–water partition coefficient (Wildman–Crippen LogP) is 2.07. The minimum absolute atomic E-state index is 0.374. The number of hydrogen-bond donors (Lipinski definition) is 1. The Bertz CT molecular complexity index is 352. The van der Waals surface area contributed by atoms with Gasteiger partial charge in [0.2, 0.25) is 0 Å². The van der Waals surface area contributed by atoms with Crippen LogP contribution in [0.4, 0.5) is 0 Å². The topological polar surface area (TPSA) is 20.2 Å². The van der Waals surface area contributed by atoms with Crippen molar-refractivity contribution in [1.29, 1.82) is 0 Å². The van der Waals surface area contributed by atoms with E-state index in [4.69, 9.17) is 12.2 Å². The van der Waals surface area contributed by atoms with Crippen molar-refractivity contribution in [2.24, 2.45) is 0 Å². The van der Waals surface area contributed by atoms with Gasteiger partial charge in [-0.15, -0.1) is 0 Å². The van der Waals surface area contributed by atoms with Crippen LogP contribution < -0.4 is 5.30 Å². The molecule has 0 radical (unpaired) electrons. The highest BCUT2D eigenvalue weighted by Crippen LogP contribution is 2.67. The Morgan fingerprint density at radius 2 is 2.00 bits per heavy atom. The second kappa shape index (κ2) is 3.69. The van der Waals surface area contributed by atoms with Crippen LogP contribution in [0.5, 0.6) is 0 Å². The second-order valence-electron chi connectivity index (χ2n) is 3.59. The van der Waals surface area contributed by atoms with Crippen LogP contribution in [0.15, 0.2) is 42.2 Å². The van der Waals surface area contributed by atoms with Gasteiger partial charge in [0.1, 0.15) is 6.10 Å². The van der Waals surface area contributed by atoms with E-state index in [0.29, 0.717) is 0 Å². The predicted molar refractivity (Wildman–Crippen MR) is 65.0 cm³/mol. The van der Waals surface area contributed by atoms with Gasteiger partial charge in [0.15, 0.2) is 0 Å². The summed E-state index contributed by atoms with van der Waals surface area (Å²) in [5.41, 5.74) is 0. The SMILES string of the molecule is C=C1C(O)CC[P+]1([S-])c1ccccc1. The Morgan fingerprint density at radius 1 is 1.36 bits per heavy atom. The Hall–Kier alpha value is -0.300. The van der Waals surface area contributed by atoms with Crippen LogP contribution in [-0.4, -0.2) is 17.4 Å². The first-order valence-electron chi connectivity index (χ1n) is 4.67. The lowest BCUT2D eigenvalue weighted by Gasteiger charge is -2.28. The molecule has 0 saturated carbocycles. The molecule has 0 aromatic heterocycles. The summed E-state index contributed by atoms with van der Waals surface area (Å²) in [6.07, 6.45) is 1.33. The van der Waals surface area contributed by atoms with E-state index in [9.17, 15) is 5.11 Å². The molecule has 0 amide bonds. The van der Waals surface area contributed by atoms with E-state index >= 15 is 0 Å². The fraction of sp³-hybridized carbons (Fsp3) is 0.273. The third-order valence-corrected chi connectivity index (χ3v) is 7.87. The maximum atomic E-state index is 9.66. The molecule has 2 rings (SSSR count). The average Bonchev–Trinajstić information content (AvgIpc) is 2.49. The number of benzene rings is 1. The highest BCUT2D eigenvalue weighted by atomic mass is 32.7. The van der Waals surface area contributed by atoms with Gasteiger partial charge in [-0.05, 0) is 18.6 Å². The highest BCUT2D eigenvalue weighted by molar-refractivity contribution is 8.47. The Kier molecular flexibility index (Phi) is 2.70. The zero-order chi connectivity index (χ0) is 10.2. The van der Waals surface area contributed by atoms with Gasteiger partial charge in [-0.1, -0.05) is 24.8 Å². The van der Waals surface area contributed by atoms with E-state index in [2.05, 4.69) is 18.7 Å². The van der Waals surface area contributed by atoms with E-state index in [0.717, 1.165) is 17.9 Å². The maximum absolute atomic E-state index is 9.66. The van der Waals surface area contributed by atoms with Gasteiger partial charge in [-0.25, -0.2) is 0 Å². The van der Waals surface area contributed by atoms with Gasteiger partial charge in [-0.2, -0.15) is 0 Å². The molecule has 1 fully saturated rings. The molecule has 14 heavy (non-hydrogen) atoms. The average molecular weight is 224 g/mol. The third-order valence-electron chi connectivity index (χ3n) is 2.74. The molecule has 2 unspecified atom stereocenters. The van der Waals surface area contributed by atoms with Gasteiger partial charge in [-0.3, -0.25) is 0 Å². The molecule has 1 N–H and O–H groups in total. The van der Waals surface area contributed by atoms with Crippen molar-refractivity contribution in [1.82, 2.24) is 0 Å². The standard InChI is InChI=1S/C11H13OPS/c1-9-11(12)7-8-13(9,14)10-5-3-2-4-6-10/h2-6,11-12H,1,7-8H2. The summed E-state index contributed by atoms with van der Waals surface area (Å²) >= 11 is 5.68. The van der Waals surface area contributed by atoms with Crippen molar-refractivity contribution < 1.29 is 5.11 Å². The summed E-state index contributed by atoms with van der Waals surface area (Å²) in [6.45, 7) is 2.28. The van der Waals surface area contributed by atoms with Gasteiger partial charge in [0.25, 0.3) is 0 Å². The molecule has 74 valence electrons. The van der Waals surface area contributed by atoms with Crippen LogP contribution in [0, 0.1) is 0 Å². The van der Waals surface area contributed by atoms with Crippen LogP contribution in [-0.2, 0) is 12.2 Å². The lowest BCUT2D eigenvalue weighted by Crippen LogP contribution is -2.10. The second-order valence-corrected chi connectivity index (χ2v) is 8.48. The molecule has 1 aliphatic rings. The monoisotopic (exact) mass is 224 g/mol. The molecule has 1 aromatic carbocycles. The third kappa shape index (κ3) is 1.52. The molecule has 0 spiro atoms. The molecule has 2 atom stereocenters. The largest absolute Gasteiger partial charge is 0.546 e. The number of hydrogen-bond acceptors (Lipinski definition) is 2. The zero-order valence-electron chi connectivity index (χ0n) is 7.89. The first-order chi connectivity index (χ1) is 6.64. The molecular formula is C11H13OPS. The van der Waals surface area contributed by atoms with Crippen LogP contribution in [0.25, 0.3) is 0 Å². The van der Waals surface area contributed by atoms with E-state index in [-0.39, 0.29) is 6.10 Å². The van der Waals surface area contributed by atoms with Crippen molar-refractivity contribution in [2.45, 2.75) is 12.5 Å². The van der Waals surface area contributed by atoms with Crippen molar-refractivity contribution in [3.63, 3.8) is 0 Å². The summed E-state index contributed by atoms with van der Waals surface area (Å²) < 4.78 is 0. The summed E-state index contributed by atoms with van der Waals surface area (Å²) in [5, 5.41) is 11.7. The Morgan fingerprint density at radius 3 is 2.50 bits per heavy atom. The van der Waals surface area contributed by atoms with Gasteiger partial charge >= 0.3 is 0 Å². The van der Waals surface area contributed by atoms with Gasteiger partial charge in [0.05, 0.1) is 16.8 Å². The fourth-order valence-electron chi connectivity index (χ4n) is 1.82. The molecular weight excluding hydrogens is 211 g/mol. The number of rotatable bonds is 1. The van der Waals surface area contributed by atoms with E-state index < -0.39 is 6.46 Å². The lowest BCUT2D eigenvalue weighted by molar-refractivity contribution is 0.222. The van der Waals surface area contributed by atoms with Crippen LogP contribution in [0.2, 0.25) is 0 Å². The maximum Gasteiger partial charge on any atom is 0.112 e. The quantitative estimate of drug-likeness (QED) is 0.582. The Labute approximate surface area is 90.3 Å². The van der Waals surface area contributed by atoms with E-state index in [1.807, 2.05) is 18.2 Å². The number of aliphatic hydroxyl groups is 1. The van der Waals surface area contributed by atoms with E-state index in [1.165, 1.54) is 5.30 Å². The van der Waals surface area contributed by atoms with Gasteiger partial charge in [0, 0.05) is 6.42 Å². The molecule has 1 aliphatic heterocycles. The molecule has 3 heteroatoms. The highest BCUT2D eigenvalue weighted by Gasteiger charge is 2.40. The van der Waals surface area contributed by atoms with Crippen LogP contribution >= 0.6 is 6.46 Å². The number of aliphatic hydroxyl groups excluding tert-OH is 1. The first-order valence-corrected chi connectivity index (χ1v) is 7.65. The summed E-state index contributed by atoms with van der Waals surface area (Å²) in [4.78, 5) is 0. The normalized spacial score (nSPS) is 32.1. The first kappa shape index (κ1) is 10.2. The minimum Gasteiger partial charge on any atom is -0.546 e. The summed E-state index contributed by atoms with van der Waals surface area (Å²) in [7, 11) is 0. The van der Waals surface area contributed by atoms with Crippen LogP contribution in [0.3, 0.4) is 0 Å². The Balaban J connectivity index is 2.39. The summed E-state index contributed by atoms with van der Waals surface area (Å²) in [6, 6.07) is 10.1.